The first kappa shape index (κ1) is 7.85. The highest BCUT2D eigenvalue weighted by Crippen LogP contribution is 2.22. The van der Waals surface area contributed by atoms with Gasteiger partial charge in [-0.05, 0) is 18.9 Å². The lowest BCUT2D eigenvalue weighted by Gasteiger charge is -2.37. The highest BCUT2D eigenvalue weighted by atomic mass is 16.5. The van der Waals surface area contributed by atoms with Crippen LogP contribution >= 0.6 is 0 Å². The van der Waals surface area contributed by atoms with Crippen molar-refractivity contribution < 1.29 is 4.74 Å². The van der Waals surface area contributed by atoms with Crippen molar-refractivity contribution in [3.8, 4) is 12.3 Å². The van der Waals surface area contributed by atoms with Gasteiger partial charge < -0.3 is 10.1 Å². The summed E-state index contributed by atoms with van der Waals surface area (Å²) in [6.07, 6.45) is 9.25. The van der Waals surface area contributed by atoms with Crippen molar-refractivity contribution in [1.29, 1.82) is 0 Å². The second-order valence-electron chi connectivity index (χ2n) is 3.48. The number of morpholine rings is 1. The second-order valence-corrected chi connectivity index (χ2v) is 3.48. The quantitative estimate of drug-likeness (QED) is 0.531. The minimum absolute atomic E-state index is 0.497. The van der Waals surface area contributed by atoms with E-state index in [1.165, 1.54) is 5.57 Å². The summed E-state index contributed by atoms with van der Waals surface area (Å²) in [5.74, 6) is 2.60. The molecule has 0 spiro atoms. The van der Waals surface area contributed by atoms with Gasteiger partial charge >= 0.3 is 0 Å². The van der Waals surface area contributed by atoms with Crippen molar-refractivity contribution >= 4 is 0 Å². The molecule has 64 valence electrons. The Morgan fingerprint density at radius 1 is 1.42 bits per heavy atom. The van der Waals surface area contributed by atoms with Crippen LogP contribution in [0.1, 0.15) is 12.8 Å². The van der Waals surface area contributed by atoms with Crippen LogP contribution in [-0.4, -0.2) is 25.3 Å². The summed E-state index contributed by atoms with van der Waals surface area (Å²) in [4.78, 5) is 0. The van der Waals surface area contributed by atoms with Gasteiger partial charge in [-0.2, -0.15) is 0 Å². The maximum Gasteiger partial charge on any atom is 0.0623 e. The normalized spacial score (nSPS) is 34.1. The van der Waals surface area contributed by atoms with Gasteiger partial charge in [-0.1, -0.05) is 11.5 Å². The monoisotopic (exact) mass is 163 g/mol. The fraction of sp³-hybridized carbons (Fsp3) is 0.600. The summed E-state index contributed by atoms with van der Waals surface area (Å²) < 4.78 is 5.42. The number of fused-ring (bicyclic) bond motifs is 2. The smallest absolute Gasteiger partial charge is 0.0623 e. The van der Waals surface area contributed by atoms with Crippen LogP contribution in [0.3, 0.4) is 0 Å². The van der Waals surface area contributed by atoms with Crippen LogP contribution in [0.15, 0.2) is 11.6 Å². The molecule has 1 N–H and O–H groups in total. The van der Waals surface area contributed by atoms with Crippen molar-refractivity contribution in [2.45, 2.75) is 24.9 Å². The van der Waals surface area contributed by atoms with E-state index in [-0.39, 0.29) is 0 Å². The number of ether oxygens (including phenoxy) is 1. The average molecular weight is 163 g/mol. The molecule has 2 fully saturated rings. The standard InChI is InChI=1S/C10H13NO/c1-2-3-8-4-9-6-12-7-10(5-8)11-9/h1,3,9-11H,4-7H2. The highest BCUT2D eigenvalue weighted by molar-refractivity contribution is 5.21. The third kappa shape index (κ3) is 1.52. The van der Waals surface area contributed by atoms with E-state index < -0.39 is 0 Å². The third-order valence-electron chi connectivity index (χ3n) is 2.41. The molecule has 0 aromatic rings. The summed E-state index contributed by atoms with van der Waals surface area (Å²) in [6.45, 7) is 1.66. The highest BCUT2D eigenvalue weighted by Gasteiger charge is 2.27. The lowest BCUT2D eigenvalue weighted by molar-refractivity contribution is 0.0351. The fourth-order valence-corrected chi connectivity index (χ4v) is 1.97. The Kier molecular flexibility index (Phi) is 2.16. The van der Waals surface area contributed by atoms with Gasteiger partial charge in [0.1, 0.15) is 0 Å². The number of allylic oxidation sites excluding steroid dienone is 1. The first-order chi connectivity index (χ1) is 5.88. The molecule has 2 bridgehead atoms. The fourth-order valence-electron chi connectivity index (χ4n) is 1.97. The van der Waals surface area contributed by atoms with Gasteiger partial charge in [0, 0.05) is 12.1 Å². The number of hydrogen-bond donors (Lipinski definition) is 1. The van der Waals surface area contributed by atoms with E-state index in [1.807, 2.05) is 6.08 Å². The summed E-state index contributed by atoms with van der Waals surface area (Å²) in [5, 5.41) is 3.51. The van der Waals surface area contributed by atoms with Crippen LogP contribution in [0.2, 0.25) is 0 Å². The summed E-state index contributed by atoms with van der Waals surface area (Å²) in [5.41, 5.74) is 1.40. The molecular weight excluding hydrogens is 150 g/mol. The SMILES string of the molecule is C#CC=C1CC2COCC(C1)N2. The predicted molar refractivity (Wildman–Crippen MR) is 47.7 cm³/mol. The number of nitrogens with one attached hydrogen (secondary N) is 1. The molecule has 2 unspecified atom stereocenters. The molecule has 12 heavy (non-hydrogen) atoms. The molecule has 2 aliphatic heterocycles. The lowest BCUT2D eigenvalue weighted by atomic mass is 9.92. The molecule has 0 amide bonds. The Morgan fingerprint density at radius 3 is 2.67 bits per heavy atom. The van der Waals surface area contributed by atoms with E-state index >= 15 is 0 Å². The van der Waals surface area contributed by atoms with Gasteiger partial charge in [-0.15, -0.1) is 6.42 Å². The van der Waals surface area contributed by atoms with Gasteiger partial charge in [0.2, 0.25) is 0 Å². The average Bonchev–Trinajstić information content (AvgIpc) is 2.04. The number of terminal acetylenes is 1. The van der Waals surface area contributed by atoms with Gasteiger partial charge in [0.05, 0.1) is 13.2 Å². The van der Waals surface area contributed by atoms with Gasteiger partial charge in [0.15, 0.2) is 0 Å². The van der Waals surface area contributed by atoms with Crippen molar-refractivity contribution in [1.82, 2.24) is 5.32 Å². The Labute approximate surface area is 73.0 Å². The van der Waals surface area contributed by atoms with Crippen LogP contribution in [-0.2, 0) is 4.74 Å². The van der Waals surface area contributed by atoms with Gasteiger partial charge in [-0.3, -0.25) is 0 Å². The van der Waals surface area contributed by atoms with E-state index in [2.05, 4.69) is 11.2 Å². The number of hydrogen-bond acceptors (Lipinski definition) is 2. The Hall–Kier alpha value is -0.780. The summed E-state index contributed by atoms with van der Waals surface area (Å²) >= 11 is 0. The topological polar surface area (TPSA) is 21.3 Å². The van der Waals surface area contributed by atoms with Crippen LogP contribution in [0.4, 0.5) is 0 Å². The van der Waals surface area contributed by atoms with E-state index in [1.54, 1.807) is 0 Å². The van der Waals surface area contributed by atoms with Crippen molar-refractivity contribution in [2.24, 2.45) is 0 Å². The van der Waals surface area contributed by atoms with Crippen LogP contribution in [0.5, 0.6) is 0 Å². The van der Waals surface area contributed by atoms with Crippen molar-refractivity contribution in [2.75, 3.05) is 13.2 Å². The Balaban J connectivity index is 2.06. The van der Waals surface area contributed by atoms with Crippen LogP contribution < -0.4 is 5.32 Å². The third-order valence-corrected chi connectivity index (χ3v) is 2.41. The van der Waals surface area contributed by atoms with Crippen LogP contribution in [0.25, 0.3) is 0 Å². The van der Waals surface area contributed by atoms with Crippen LogP contribution in [0, 0.1) is 12.3 Å². The first-order valence-corrected chi connectivity index (χ1v) is 4.36. The molecule has 0 aromatic heterocycles. The van der Waals surface area contributed by atoms with E-state index in [4.69, 9.17) is 11.2 Å². The summed E-state index contributed by atoms with van der Waals surface area (Å²) in [7, 11) is 0. The zero-order valence-corrected chi connectivity index (χ0v) is 7.05. The Morgan fingerprint density at radius 2 is 2.08 bits per heavy atom. The molecule has 0 aliphatic carbocycles. The molecule has 2 nitrogen and oxygen atoms in total. The Bertz CT molecular complexity index is 225. The second kappa shape index (κ2) is 3.30. The number of piperidine rings is 1. The molecule has 2 heterocycles. The molecular formula is C10H13NO. The largest absolute Gasteiger partial charge is 0.378 e. The minimum Gasteiger partial charge on any atom is -0.378 e. The van der Waals surface area contributed by atoms with E-state index in [0.717, 1.165) is 26.1 Å². The molecule has 2 aliphatic rings. The number of rotatable bonds is 0. The zero-order valence-electron chi connectivity index (χ0n) is 7.05. The molecule has 0 radical (unpaired) electrons. The first-order valence-electron chi connectivity index (χ1n) is 4.36. The predicted octanol–water partition coefficient (Wildman–Crippen LogP) is 0.697. The molecule has 2 atom stereocenters. The zero-order chi connectivity index (χ0) is 8.39. The van der Waals surface area contributed by atoms with Crippen molar-refractivity contribution in [3.05, 3.63) is 11.6 Å². The molecule has 0 saturated carbocycles. The van der Waals surface area contributed by atoms with E-state index in [9.17, 15) is 0 Å². The van der Waals surface area contributed by atoms with Crippen molar-refractivity contribution in [3.63, 3.8) is 0 Å². The molecule has 0 aromatic carbocycles. The lowest BCUT2D eigenvalue weighted by Crippen LogP contribution is -2.52. The van der Waals surface area contributed by atoms with Gasteiger partial charge in [-0.25, -0.2) is 0 Å². The maximum absolute atomic E-state index is 5.42. The molecule has 2 saturated heterocycles. The molecule has 2 heteroatoms. The van der Waals surface area contributed by atoms with Gasteiger partial charge in [0.25, 0.3) is 0 Å². The summed E-state index contributed by atoms with van der Waals surface area (Å²) in [6, 6.07) is 0.995. The maximum atomic E-state index is 5.42. The molecule has 2 rings (SSSR count). The minimum atomic E-state index is 0.497. The van der Waals surface area contributed by atoms with E-state index in [0.29, 0.717) is 12.1 Å².